The zero-order chi connectivity index (χ0) is 19.6. The van der Waals surface area contributed by atoms with E-state index in [1.54, 1.807) is 36.5 Å². The molecular formula is C19H26ClN5O2. The summed E-state index contributed by atoms with van der Waals surface area (Å²) in [7, 11) is 0. The SMILES string of the molecule is CCN(CC)CCCNC(=O)Nc1cc(Oc2ccc(N)c(Cl)c2)ccn1. The van der Waals surface area contributed by atoms with Gasteiger partial charge < -0.3 is 20.7 Å². The first-order valence-corrected chi connectivity index (χ1v) is 9.35. The molecule has 0 fully saturated rings. The summed E-state index contributed by atoms with van der Waals surface area (Å²) < 4.78 is 5.73. The number of amides is 2. The molecule has 0 aliphatic carbocycles. The maximum Gasteiger partial charge on any atom is 0.320 e. The zero-order valence-corrected chi connectivity index (χ0v) is 16.4. The van der Waals surface area contributed by atoms with Crippen molar-refractivity contribution in [1.29, 1.82) is 0 Å². The minimum Gasteiger partial charge on any atom is -0.457 e. The van der Waals surface area contributed by atoms with E-state index in [0.717, 1.165) is 26.1 Å². The zero-order valence-electron chi connectivity index (χ0n) is 15.7. The van der Waals surface area contributed by atoms with Gasteiger partial charge in [-0.3, -0.25) is 5.32 Å². The quantitative estimate of drug-likeness (QED) is 0.444. The van der Waals surface area contributed by atoms with E-state index in [9.17, 15) is 4.79 Å². The molecule has 0 saturated carbocycles. The monoisotopic (exact) mass is 391 g/mol. The Hall–Kier alpha value is -2.51. The molecule has 0 saturated heterocycles. The number of pyridine rings is 1. The topological polar surface area (TPSA) is 92.5 Å². The van der Waals surface area contributed by atoms with Crippen LogP contribution in [0.1, 0.15) is 20.3 Å². The summed E-state index contributed by atoms with van der Waals surface area (Å²) >= 11 is 5.99. The summed E-state index contributed by atoms with van der Waals surface area (Å²) in [6.45, 7) is 7.84. The highest BCUT2D eigenvalue weighted by Gasteiger charge is 2.06. The van der Waals surface area contributed by atoms with Crippen LogP contribution in [0.2, 0.25) is 5.02 Å². The second kappa shape index (κ2) is 10.6. The summed E-state index contributed by atoms with van der Waals surface area (Å²) in [4.78, 5) is 18.4. The summed E-state index contributed by atoms with van der Waals surface area (Å²) in [5.41, 5.74) is 6.17. The van der Waals surface area contributed by atoms with Crippen molar-refractivity contribution in [3.8, 4) is 11.5 Å². The third-order valence-corrected chi connectivity index (χ3v) is 4.34. The van der Waals surface area contributed by atoms with Gasteiger partial charge >= 0.3 is 6.03 Å². The van der Waals surface area contributed by atoms with Gasteiger partial charge in [0.2, 0.25) is 0 Å². The average molecular weight is 392 g/mol. The maximum atomic E-state index is 12.0. The Bertz CT molecular complexity index is 753. The van der Waals surface area contributed by atoms with Crippen LogP contribution in [-0.2, 0) is 0 Å². The first-order valence-electron chi connectivity index (χ1n) is 8.98. The van der Waals surface area contributed by atoms with Crippen LogP contribution in [0, 0.1) is 0 Å². The number of nitrogen functional groups attached to an aromatic ring is 1. The van der Waals surface area contributed by atoms with Gasteiger partial charge in [0.25, 0.3) is 0 Å². The molecule has 1 heterocycles. The number of hydrogen-bond donors (Lipinski definition) is 3. The molecule has 2 rings (SSSR count). The molecule has 1 aromatic carbocycles. The Morgan fingerprint density at radius 3 is 2.67 bits per heavy atom. The molecule has 0 aliphatic rings. The molecule has 0 unspecified atom stereocenters. The highest BCUT2D eigenvalue weighted by molar-refractivity contribution is 6.33. The summed E-state index contributed by atoms with van der Waals surface area (Å²) in [6.07, 6.45) is 2.45. The molecule has 0 spiro atoms. The van der Waals surface area contributed by atoms with Crippen molar-refractivity contribution in [3.63, 3.8) is 0 Å². The highest BCUT2D eigenvalue weighted by atomic mass is 35.5. The standard InChI is InChI=1S/C19H26ClN5O2/c1-3-25(4-2)11-5-9-23-19(26)24-18-13-15(8-10-22-18)27-14-6-7-17(21)16(20)12-14/h6-8,10,12-13H,3-5,9,11,21H2,1-2H3,(H2,22,23,24,26). The smallest absolute Gasteiger partial charge is 0.320 e. The van der Waals surface area contributed by atoms with Gasteiger partial charge in [-0.1, -0.05) is 25.4 Å². The predicted molar refractivity (Wildman–Crippen MR) is 110 cm³/mol. The minimum absolute atomic E-state index is 0.297. The highest BCUT2D eigenvalue weighted by Crippen LogP contribution is 2.28. The van der Waals surface area contributed by atoms with Crippen molar-refractivity contribution in [2.24, 2.45) is 0 Å². The lowest BCUT2D eigenvalue weighted by Crippen LogP contribution is -2.32. The van der Waals surface area contributed by atoms with E-state index >= 15 is 0 Å². The van der Waals surface area contributed by atoms with Gasteiger partial charge in [-0.05, 0) is 44.3 Å². The molecule has 27 heavy (non-hydrogen) atoms. The number of benzene rings is 1. The maximum absolute atomic E-state index is 12.0. The van der Waals surface area contributed by atoms with Crippen molar-refractivity contribution in [2.45, 2.75) is 20.3 Å². The third kappa shape index (κ3) is 6.96. The third-order valence-electron chi connectivity index (χ3n) is 4.01. The number of halogens is 1. The van der Waals surface area contributed by atoms with Crippen LogP contribution in [0.5, 0.6) is 11.5 Å². The second-order valence-corrected chi connectivity index (χ2v) is 6.33. The number of rotatable bonds is 9. The van der Waals surface area contributed by atoms with Crippen LogP contribution in [0.4, 0.5) is 16.3 Å². The number of carbonyl (C=O) groups is 1. The Labute approximate surface area is 164 Å². The van der Waals surface area contributed by atoms with E-state index < -0.39 is 0 Å². The Kier molecular flexibility index (Phi) is 8.16. The molecule has 0 radical (unpaired) electrons. The molecule has 0 aliphatic heterocycles. The lowest BCUT2D eigenvalue weighted by atomic mass is 10.3. The number of nitrogens with one attached hydrogen (secondary N) is 2. The number of nitrogens with two attached hydrogens (primary N) is 1. The molecular weight excluding hydrogens is 366 g/mol. The van der Waals surface area contributed by atoms with Crippen LogP contribution in [0.15, 0.2) is 36.5 Å². The van der Waals surface area contributed by atoms with E-state index in [0.29, 0.717) is 34.6 Å². The molecule has 146 valence electrons. The van der Waals surface area contributed by atoms with Gasteiger partial charge in [-0.15, -0.1) is 0 Å². The Balaban J connectivity index is 1.84. The largest absolute Gasteiger partial charge is 0.457 e. The van der Waals surface area contributed by atoms with E-state index in [4.69, 9.17) is 22.1 Å². The number of urea groups is 1. The molecule has 2 aromatic rings. The fourth-order valence-corrected chi connectivity index (χ4v) is 2.63. The van der Waals surface area contributed by atoms with E-state index in [-0.39, 0.29) is 6.03 Å². The predicted octanol–water partition coefficient (Wildman–Crippen LogP) is 3.96. The molecule has 4 N–H and O–H groups in total. The second-order valence-electron chi connectivity index (χ2n) is 5.92. The molecule has 0 atom stereocenters. The first-order chi connectivity index (χ1) is 13.0. The van der Waals surface area contributed by atoms with Crippen molar-refractivity contribution in [1.82, 2.24) is 15.2 Å². The van der Waals surface area contributed by atoms with Gasteiger partial charge in [0.15, 0.2) is 0 Å². The Morgan fingerprint density at radius 2 is 1.96 bits per heavy atom. The number of nitrogens with zero attached hydrogens (tertiary/aromatic N) is 2. The van der Waals surface area contributed by atoms with Gasteiger partial charge in [0, 0.05) is 24.9 Å². The number of hydrogen-bond acceptors (Lipinski definition) is 5. The van der Waals surface area contributed by atoms with Crippen LogP contribution in [0.3, 0.4) is 0 Å². The van der Waals surface area contributed by atoms with E-state index in [1.165, 1.54) is 0 Å². The summed E-state index contributed by atoms with van der Waals surface area (Å²) in [6, 6.07) is 8.06. The number of aromatic nitrogens is 1. The molecule has 2 amide bonds. The lowest BCUT2D eigenvalue weighted by Gasteiger charge is -2.17. The number of carbonyl (C=O) groups excluding carboxylic acids is 1. The first kappa shape index (κ1) is 20.8. The molecule has 0 bridgehead atoms. The van der Waals surface area contributed by atoms with Gasteiger partial charge in [-0.2, -0.15) is 0 Å². The van der Waals surface area contributed by atoms with Gasteiger partial charge in [0.05, 0.1) is 10.7 Å². The van der Waals surface area contributed by atoms with Gasteiger partial charge in [0.1, 0.15) is 17.3 Å². The van der Waals surface area contributed by atoms with Crippen molar-refractivity contribution < 1.29 is 9.53 Å². The molecule has 8 heteroatoms. The summed E-state index contributed by atoms with van der Waals surface area (Å²) in [5, 5.41) is 5.95. The van der Waals surface area contributed by atoms with Crippen LogP contribution < -0.4 is 21.1 Å². The van der Waals surface area contributed by atoms with Crippen LogP contribution in [0.25, 0.3) is 0 Å². The van der Waals surface area contributed by atoms with Crippen molar-refractivity contribution in [3.05, 3.63) is 41.6 Å². The number of anilines is 2. The normalized spacial score (nSPS) is 10.7. The van der Waals surface area contributed by atoms with E-state index in [2.05, 4.69) is 34.4 Å². The van der Waals surface area contributed by atoms with Gasteiger partial charge in [-0.25, -0.2) is 9.78 Å². The number of ether oxygens (including phenoxy) is 1. The van der Waals surface area contributed by atoms with Crippen LogP contribution in [-0.4, -0.2) is 42.1 Å². The summed E-state index contributed by atoms with van der Waals surface area (Å²) in [5.74, 6) is 1.48. The van der Waals surface area contributed by atoms with Crippen molar-refractivity contribution in [2.75, 3.05) is 37.2 Å². The fraction of sp³-hybridized carbons (Fsp3) is 0.368. The molecule has 1 aromatic heterocycles. The van der Waals surface area contributed by atoms with Crippen LogP contribution >= 0.6 is 11.6 Å². The average Bonchev–Trinajstić information content (AvgIpc) is 2.65. The minimum atomic E-state index is -0.297. The fourth-order valence-electron chi connectivity index (χ4n) is 2.46. The Morgan fingerprint density at radius 1 is 1.22 bits per heavy atom. The molecule has 7 nitrogen and oxygen atoms in total. The van der Waals surface area contributed by atoms with Crippen molar-refractivity contribution >= 4 is 29.1 Å². The van der Waals surface area contributed by atoms with E-state index in [1.807, 2.05) is 0 Å². The lowest BCUT2D eigenvalue weighted by molar-refractivity contribution is 0.250.